The van der Waals surface area contributed by atoms with Crippen molar-refractivity contribution < 1.29 is 13.2 Å². The quantitative estimate of drug-likeness (QED) is 0.850. The second-order valence-electron chi connectivity index (χ2n) is 5.06. The second-order valence-corrected chi connectivity index (χ2v) is 7.37. The van der Waals surface area contributed by atoms with E-state index in [4.69, 9.17) is 21.6 Å². The Kier molecular flexibility index (Phi) is 5.22. The van der Waals surface area contributed by atoms with E-state index < -0.39 is 10.0 Å². The summed E-state index contributed by atoms with van der Waals surface area (Å²) >= 11 is 6.01. The van der Waals surface area contributed by atoms with Gasteiger partial charge in [0.15, 0.2) is 0 Å². The molecule has 2 rings (SSSR count). The van der Waals surface area contributed by atoms with Gasteiger partial charge in [0, 0.05) is 26.8 Å². The Hall–Kier alpha value is -1.13. The first-order chi connectivity index (χ1) is 9.98. The lowest BCUT2D eigenvalue weighted by molar-refractivity contribution is 0.121. The lowest BCUT2D eigenvalue weighted by Crippen LogP contribution is -2.39. The van der Waals surface area contributed by atoms with Crippen molar-refractivity contribution in [1.29, 1.82) is 5.26 Å². The molecule has 7 heteroatoms. The zero-order chi connectivity index (χ0) is 15.5. The molecule has 0 N–H and O–H groups in total. The van der Waals surface area contributed by atoms with Crippen LogP contribution in [0.5, 0.6) is 0 Å². The number of nitrogens with zero attached hydrogens (tertiary/aromatic N) is 2. The predicted molar refractivity (Wildman–Crippen MR) is 79.5 cm³/mol. The van der Waals surface area contributed by atoms with Gasteiger partial charge >= 0.3 is 0 Å². The summed E-state index contributed by atoms with van der Waals surface area (Å²) in [7, 11) is -1.95. The Morgan fingerprint density at radius 3 is 2.62 bits per heavy atom. The van der Waals surface area contributed by atoms with Crippen LogP contribution in [0.15, 0.2) is 23.1 Å². The molecule has 114 valence electrons. The first kappa shape index (κ1) is 16.2. The van der Waals surface area contributed by atoms with Crippen LogP contribution in [0.2, 0.25) is 5.02 Å². The van der Waals surface area contributed by atoms with Gasteiger partial charge < -0.3 is 4.74 Å². The van der Waals surface area contributed by atoms with Gasteiger partial charge in [-0.05, 0) is 37.0 Å². The topological polar surface area (TPSA) is 70.4 Å². The molecular formula is C14H17ClN2O3S. The van der Waals surface area contributed by atoms with Gasteiger partial charge in [0.05, 0.1) is 16.7 Å². The molecule has 0 radical (unpaired) electrons. The van der Waals surface area contributed by atoms with Crippen molar-refractivity contribution in [1.82, 2.24) is 4.31 Å². The van der Waals surface area contributed by atoms with Crippen LogP contribution in [0.4, 0.5) is 0 Å². The number of hydrogen-bond acceptors (Lipinski definition) is 4. The average molecular weight is 329 g/mol. The molecule has 1 saturated heterocycles. The molecule has 5 nitrogen and oxygen atoms in total. The largest absolute Gasteiger partial charge is 0.384 e. The van der Waals surface area contributed by atoms with E-state index in [9.17, 15) is 8.42 Å². The van der Waals surface area contributed by atoms with Crippen LogP contribution in [0.25, 0.3) is 0 Å². The fraction of sp³-hybridized carbons (Fsp3) is 0.500. The summed E-state index contributed by atoms with van der Waals surface area (Å²) in [6.45, 7) is 1.59. The van der Waals surface area contributed by atoms with Gasteiger partial charge in [0.25, 0.3) is 0 Å². The summed E-state index contributed by atoms with van der Waals surface area (Å²) in [6.07, 6.45) is 1.56. The fourth-order valence-electron chi connectivity index (χ4n) is 2.47. The number of nitriles is 1. The van der Waals surface area contributed by atoms with Crippen LogP contribution in [-0.4, -0.2) is 39.5 Å². The third-order valence-electron chi connectivity index (χ3n) is 3.65. The van der Waals surface area contributed by atoms with Crippen molar-refractivity contribution in [2.75, 3.05) is 26.8 Å². The Bertz CT molecular complexity index is 647. The van der Waals surface area contributed by atoms with Crippen molar-refractivity contribution in [2.24, 2.45) is 5.92 Å². The van der Waals surface area contributed by atoms with E-state index in [0.29, 0.717) is 31.2 Å². The van der Waals surface area contributed by atoms with Gasteiger partial charge in [-0.3, -0.25) is 0 Å². The average Bonchev–Trinajstić information content (AvgIpc) is 2.47. The standard InChI is InChI=1S/C14H17ClN2O3S/c1-20-10-11-4-6-17(7-5-11)21(18,19)14-3-2-12(9-16)8-13(14)15/h2-3,8,11H,4-7,10H2,1H3. The molecule has 0 amide bonds. The summed E-state index contributed by atoms with van der Waals surface area (Å²) in [5.74, 6) is 0.401. The van der Waals surface area contributed by atoms with Crippen LogP contribution < -0.4 is 0 Å². The second kappa shape index (κ2) is 6.75. The molecule has 0 saturated carbocycles. The molecule has 0 unspecified atom stereocenters. The first-order valence-electron chi connectivity index (χ1n) is 6.67. The minimum atomic E-state index is -3.60. The summed E-state index contributed by atoms with van der Waals surface area (Å²) in [5.41, 5.74) is 0.345. The molecule has 1 fully saturated rings. The van der Waals surface area contributed by atoms with Gasteiger partial charge in [-0.15, -0.1) is 0 Å². The predicted octanol–water partition coefficient (Wildman–Crippen LogP) is 2.26. The van der Waals surface area contributed by atoms with Gasteiger partial charge in [-0.1, -0.05) is 11.6 Å². The lowest BCUT2D eigenvalue weighted by Gasteiger charge is -2.31. The van der Waals surface area contributed by atoms with E-state index in [-0.39, 0.29) is 9.92 Å². The van der Waals surface area contributed by atoms with E-state index in [1.807, 2.05) is 6.07 Å². The fourth-order valence-corrected chi connectivity index (χ4v) is 4.46. The molecular weight excluding hydrogens is 312 g/mol. The van der Waals surface area contributed by atoms with E-state index in [1.165, 1.54) is 22.5 Å². The Morgan fingerprint density at radius 1 is 1.43 bits per heavy atom. The van der Waals surface area contributed by atoms with E-state index in [1.54, 1.807) is 7.11 Å². The minimum absolute atomic E-state index is 0.0633. The van der Waals surface area contributed by atoms with E-state index in [0.717, 1.165) is 12.8 Å². The summed E-state index contributed by atoms with van der Waals surface area (Å²) in [6, 6.07) is 6.19. The minimum Gasteiger partial charge on any atom is -0.384 e. The van der Waals surface area contributed by atoms with Gasteiger partial charge in [0.2, 0.25) is 10.0 Å². The maximum Gasteiger partial charge on any atom is 0.244 e. The highest BCUT2D eigenvalue weighted by atomic mass is 35.5. The third kappa shape index (κ3) is 3.55. The molecule has 0 aromatic heterocycles. The van der Waals surface area contributed by atoms with E-state index in [2.05, 4.69) is 0 Å². The molecule has 1 aliphatic rings. The van der Waals surface area contributed by atoms with Crippen molar-refractivity contribution in [3.63, 3.8) is 0 Å². The first-order valence-corrected chi connectivity index (χ1v) is 8.49. The van der Waals surface area contributed by atoms with Crippen LogP contribution >= 0.6 is 11.6 Å². The Labute approximate surface area is 130 Å². The number of benzene rings is 1. The van der Waals surface area contributed by atoms with Crippen molar-refractivity contribution in [3.05, 3.63) is 28.8 Å². The Morgan fingerprint density at radius 2 is 2.10 bits per heavy atom. The Balaban J connectivity index is 2.18. The molecule has 1 aromatic rings. The van der Waals surface area contributed by atoms with Gasteiger partial charge in [0.1, 0.15) is 4.90 Å². The molecule has 1 aliphatic heterocycles. The zero-order valence-electron chi connectivity index (χ0n) is 11.8. The third-order valence-corrected chi connectivity index (χ3v) is 6.04. The SMILES string of the molecule is COCC1CCN(S(=O)(=O)c2ccc(C#N)cc2Cl)CC1. The molecule has 0 atom stereocenters. The van der Waals surface area contributed by atoms with Crippen LogP contribution in [0, 0.1) is 17.2 Å². The summed E-state index contributed by atoms with van der Waals surface area (Å²) in [5, 5.41) is 8.89. The number of hydrogen-bond donors (Lipinski definition) is 0. The van der Waals surface area contributed by atoms with Crippen molar-refractivity contribution in [2.45, 2.75) is 17.7 Å². The highest BCUT2D eigenvalue weighted by Crippen LogP contribution is 2.28. The lowest BCUT2D eigenvalue weighted by atomic mass is 9.99. The number of ether oxygens (including phenoxy) is 1. The smallest absolute Gasteiger partial charge is 0.244 e. The number of methoxy groups -OCH3 is 1. The molecule has 0 aliphatic carbocycles. The number of piperidine rings is 1. The number of sulfonamides is 1. The molecule has 1 heterocycles. The number of halogens is 1. The summed E-state index contributed by atoms with van der Waals surface area (Å²) in [4.78, 5) is 0.0633. The molecule has 0 bridgehead atoms. The van der Waals surface area contributed by atoms with Crippen LogP contribution in [-0.2, 0) is 14.8 Å². The van der Waals surface area contributed by atoms with Gasteiger partial charge in [-0.2, -0.15) is 9.57 Å². The monoisotopic (exact) mass is 328 g/mol. The van der Waals surface area contributed by atoms with Gasteiger partial charge in [-0.25, -0.2) is 8.42 Å². The highest BCUT2D eigenvalue weighted by Gasteiger charge is 2.30. The van der Waals surface area contributed by atoms with Crippen molar-refractivity contribution >= 4 is 21.6 Å². The highest BCUT2D eigenvalue weighted by molar-refractivity contribution is 7.89. The normalized spacial score (nSPS) is 17.6. The maximum absolute atomic E-state index is 12.6. The molecule has 0 spiro atoms. The van der Waals surface area contributed by atoms with E-state index >= 15 is 0 Å². The van der Waals surface area contributed by atoms with Crippen LogP contribution in [0.1, 0.15) is 18.4 Å². The maximum atomic E-state index is 12.6. The van der Waals surface area contributed by atoms with Crippen LogP contribution in [0.3, 0.4) is 0 Å². The zero-order valence-corrected chi connectivity index (χ0v) is 13.3. The van der Waals surface area contributed by atoms with Crippen molar-refractivity contribution in [3.8, 4) is 6.07 Å². The number of rotatable bonds is 4. The molecule has 21 heavy (non-hydrogen) atoms. The summed E-state index contributed by atoms with van der Waals surface area (Å²) < 4.78 is 31.8. The molecule has 1 aromatic carbocycles.